The van der Waals surface area contributed by atoms with Gasteiger partial charge in [-0.3, -0.25) is 9.36 Å². The van der Waals surface area contributed by atoms with E-state index in [-0.39, 0.29) is 11.4 Å². The molecule has 0 aliphatic carbocycles. The van der Waals surface area contributed by atoms with Crippen LogP contribution >= 0.6 is 0 Å². The molecule has 142 valence electrons. The summed E-state index contributed by atoms with van der Waals surface area (Å²) in [4.78, 5) is 20.1. The summed E-state index contributed by atoms with van der Waals surface area (Å²) in [5.41, 5.74) is 1.13. The molecule has 0 aliphatic heterocycles. The number of aromatic nitrogens is 2. The van der Waals surface area contributed by atoms with Crippen molar-refractivity contribution in [2.45, 2.75) is 20.4 Å². The lowest BCUT2D eigenvalue weighted by Gasteiger charge is -2.19. The van der Waals surface area contributed by atoms with Crippen molar-refractivity contribution in [3.63, 3.8) is 0 Å². The molecule has 3 aromatic rings. The van der Waals surface area contributed by atoms with Crippen LogP contribution in [-0.2, 0) is 6.54 Å². The van der Waals surface area contributed by atoms with Crippen molar-refractivity contribution >= 4 is 10.9 Å². The number of likely N-dealkylation sites (N-methyl/N-ethyl adjacent to an activating group) is 1. The summed E-state index contributed by atoms with van der Waals surface area (Å²) in [6, 6.07) is 13.2. The summed E-state index contributed by atoms with van der Waals surface area (Å²) >= 11 is 0. The first-order valence-corrected chi connectivity index (χ1v) is 9.33. The zero-order valence-corrected chi connectivity index (χ0v) is 15.8. The highest BCUT2D eigenvalue weighted by atomic mass is 19.1. The molecule has 27 heavy (non-hydrogen) atoms. The zero-order chi connectivity index (χ0) is 19.2. The molecular formula is C21H25FN4O. The Morgan fingerprint density at radius 1 is 1.07 bits per heavy atom. The van der Waals surface area contributed by atoms with Crippen molar-refractivity contribution in [3.05, 3.63) is 70.5 Å². The summed E-state index contributed by atoms with van der Waals surface area (Å²) in [5, 5.41) is 3.93. The number of nitrogens with zero attached hydrogens (tertiary/aromatic N) is 3. The van der Waals surface area contributed by atoms with E-state index in [2.05, 4.69) is 29.0 Å². The van der Waals surface area contributed by atoms with Gasteiger partial charge in [0.1, 0.15) is 11.6 Å². The van der Waals surface area contributed by atoms with Gasteiger partial charge in [0.15, 0.2) is 0 Å². The van der Waals surface area contributed by atoms with Crippen molar-refractivity contribution in [1.82, 2.24) is 19.8 Å². The van der Waals surface area contributed by atoms with Gasteiger partial charge in [-0.15, -0.1) is 0 Å². The van der Waals surface area contributed by atoms with Crippen molar-refractivity contribution in [2.24, 2.45) is 0 Å². The highest BCUT2D eigenvalue weighted by Gasteiger charge is 2.12. The van der Waals surface area contributed by atoms with Crippen molar-refractivity contribution in [2.75, 3.05) is 26.2 Å². The lowest BCUT2D eigenvalue weighted by Crippen LogP contribution is -2.33. The minimum absolute atomic E-state index is 0.146. The van der Waals surface area contributed by atoms with E-state index in [0.29, 0.717) is 29.0 Å². The van der Waals surface area contributed by atoms with Crippen LogP contribution in [0.25, 0.3) is 16.6 Å². The second-order valence-electron chi connectivity index (χ2n) is 6.37. The Morgan fingerprint density at radius 2 is 1.78 bits per heavy atom. The van der Waals surface area contributed by atoms with Gasteiger partial charge in [-0.25, -0.2) is 9.37 Å². The molecule has 0 saturated heterocycles. The maximum absolute atomic E-state index is 13.3. The normalized spacial score (nSPS) is 11.4. The average molecular weight is 368 g/mol. The van der Waals surface area contributed by atoms with Gasteiger partial charge in [0.25, 0.3) is 5.56 Å². The fourth-order valence-corrected chi connectivity index (χ4v) is 3.13. The van der Waals surface area contributed by atoms with Crippen LogP contribution in [0.15, 0.2) is 53.3 Å². The third-order valence-corrected chi connectivity index (χ3v) is 4.71. The van der Waals surface area contributed by atoms with Crippen LogP contribution < -0.4 is 10.9 Å². The van der Waals surface area contributed by atoms with Crippen LogP contribution in [0.4, 0.5) is 4.39 Å². The van der Waals surface area contributed by atoms with Crippen LogP contribution in [0, 0.1) is 5.82 Å². The molecule has 2 aromatic carbocycles. The Morgan fingerprint density at radius 3 is 2.48 bits per heavy atom. The Labute approximate surface area is 158 Å². The van der Waals surface area contributed by atoms with Crippen LogP contribution in [-0.4, -0.2) is 40.6 Å². The number of hydrogen-bond donors (Lipinski definition) is 1. The van der Waals surface area contributed by atoms with Gasteiger partial charge in [0.2, 0.25) is 0 Å². The van der Waals surface area contributed by atoms with Gasteiger partial charge in [-0.1, -0.05) is 26.0 Å². The van der Waals surface area contributed by atoms with Crippen LogP contribution in [0.5, 0.6) is 0 Å². The molecule has 0 amide bonds. The second kappa shape index (κ2) is 8.88. The lowest BCUT2D eigenvalue weighted by molar-refractivity contribution is 0.301. The van der Waals surface area contributed by atoms with Crippen LogP contribution in [0.2, 0.25) is 0 Å². The monoisotopic (exact) mass is 368 g/mol. The fraction of sp³-hybridized carbons (Fsp3) is 0.333. The second-order valence-corrected chi connectivity index (χ2v) is 6.37. The fourth-order valence-electron chi connectivity index (χ4n) is 3.13. The summed E-state index contributed by atoms with van der Waals surface area (Å²) in [7, 11) is 0. The predicted octanol–water partition coefficient (Wildman–Crippen LogP) is 2.96. The van der Waals surface area contributed by atoms with E-state index in [1.54, 1.807) is 22.8 Å². The zero-order valence-electron chi connectivity index (χ0n) is 15.8. The minimum atomic E-state index is -0.334. The highest BCUT2D eigenvalue weighted by Crippen LogP contribution is 2.13. The Hall–Kier alpha value is -2.57. The molecule has 3 rings (SSSR count). The first kappa shape index (κ1) is 19.2. The summed E-state index contributed by atoms with van der Waals surface area (Å²) < 4.78 is 14.9. The van der Waals surface area contributed by atoms with Gasteiger partial charge < -0.3 is 10.2 Å². The Bertz CT molecular complexity index is 949. The molecule has 5 nitrogen and oxygen atoms in total. The number of benzene rings is 2. The van der Waals surface area contributed by atoms with Gasteiger partial charge in [0.05, 0.1) is 23.1 Å². The first-order valence-electron chi connectivity index (χ1n) is 9.33. The number of hydrogen-bond acceptors (Lipinski definition) is 4. The predicted molar refractivity (Wildman–Crippen MR) is 107 cm³/mol. The van der Waals surface area contributed by atoms with E-state index in [0.717, 1.165) is 26.2 Å². The number of nitrogens with one attached hydrogen (secondary N) is 1. The van der Waals surface area contributed by atoms with E-state index in [4.69, 9.17) is 0 Å². The number of halogens is 1. The Balaban J connectivity index is 1.93. The van der Waals surface area contributed by atoms with Crippen LogP contribution in [0.1, 0.15) is 19.7 Å². The number of rotatable bonds is 8. The molecule has 0 aliphatic rings. The molecular weight excluding hydrogens is 343 g/mol. The minimum Gasteiger partial charge on any atom is -0.309 e. The summed E-state index contributed by atoms with van der Waals surface area (Å²) in [5.74, 6) is 0.282. The van der Waals surface area contributed by atoms with E-state index in [1.807, 2.05) is 18.2 Å². The maximum Gasteiger partial charge on any atom is 0.266 e. The highest BCUT2D eigenvalue weighted by molar-refractivity contribution is 5.77. The molecule has 1 N–H and O–H groups in total. The first-order chi connectivity index (χ1) is 13.1. The molecule has 1 aromatic heterocycles. The molecule has 6 heteroatoms. The molecule has 0 fully saturated rings. The quantitative estimate of drug-likeness (QED) is 0.621. The molecule has 0 spiro atoms. The van der Waals surface area contributed by atoms with Crippen molar-refractivity contribution in [3.8, 4) is 5.69 Å². The van der Waals surface area contributed by atoms with Gasteiger partial charge in [-0.05, 0) is 49.5 Å². The molecule has 0 saturated carbocycles. The van der Waals surface area contributed by atoms with E-state index in [9.17, 15) is 9.18 Å². The molecule has 1 heterocycles. The van der Waals surface area contributed by atoms with Gasteiger partial charge in [-0.2, -0.15) is 0 Å². The Kier molecular flexibility index (Phi) is 6.32. The molecule has 0 atom stereocenters. The number of fused-ring (bicyclic) bond motifs is 1. The van der Waals surface area contributed by atoms with E-state index >= 15 is 0 Å². The largest absolute Gasteiger partial charge is 0.309 e. The third-order valence-electron chi connectivity index (χ3n) is 4.71. The average Bonchev–Trinajstić information content (AvgIpc) is 2.69. The van der Waals surface area contributed by atoms with Crippen molar-refractivity contribution in [1.29, 1.82) is 0 Å². The smallest absolute Gasteiger partial charge is 0.266 e. The summed E-state index contributed by atoms with van der Waals surface area (Å²) in [6.07, 6.45) is 0. The van der Waals surface area contributed by atoms with Gasteiger partial charge in [0, 0.05) is 13.1 Å². The lowest BCUT2D eigenvalue weighted by atomic mass is 10.2. The molecule has 0 unspecified atom stereocenters. The van der Waals surface area contributed by atoms with Crippen LogP contribution in [0.3, 0.4) is 0 Å². The topological polar surface area (TPSA) is 50.2 Å². The number of para-hydroxylation sites is 1. The standard InChI is InChI=1S/C21H25FN4O/c1-3-25(4-2)14-13-23-15-20-24-19-8-6-5-7-18(19)21(27)26(20)17-11-9-16(22)10-12-17/h5-12,23H,3-4,13-15H2,1-2H3. The molecule has 0 bridgehead atoms. The van der Waals surface area contributed by atoms with Gasteiger partial charge >= 0.3 is 0 Å². The molecule has 0 radical (unpaired) electrons. The van der Waals surface area contributed by atoms with E-state index < -0.39 is 0 Å². The van der Waals surface area contributed by atoms with E-state index in [1.165, 1.54) is 12.1 Å². The van der Waals surface area contributed by atoms with Crippen molar-refractivity contribution < 1.29 is 4.39 Å². The SMILES string of the molecule is CCN(CC)CCNCc1nc2ccccc2c(=O)n1-c1ccc(F)cc1. The maximum atomic E-state index is 13.3. The third kappa shape index (κ3) is 4.40. The summed E-state index contributed by atoms with van der Waals surface area (Å²) in [6.45, 7) is 8.48.